The fourth-order valence-electron chi connectivity index (χ4n) is 2.72. The molecule has 0 aliphatic carbocycles. The third-order valence-corrected chi connectivity index (χ3v) is 5.78. The van der Waals surface area contributed by atoms with Crippen molar-refractivity contribution in [1.82, 2.24) is 10.6 Å². The summed E-state index contributed by atoms with van der Waals surface area (Å²) in [6.45, 7) is 7.66. The zero-order valence-electron chi connectivity index (χ0n) is 16.5. The highest BCUT2D eigenvalue weighted by Crippen LogP contribution is 2.16. The van der Waals surface area contributed by atoms with E-state index in [1.54, 1.807) is 0 Å². The molecule has 0 radical (unpaired) electrons. The van der Waals surface area contributed by atoms with E-state index in [9.17, 15) is 8.42 Å². The summed E-state index contributed by atoms with van der Waals surface area (Å²) >= 11 is 1.83. The average Bonchev–Trinajstić information content (AvgIpc) is 2.97. The second kappa shape index (κ2) is 9.90. The zero-order chi connectivity index (χ0) is 19.9. The van der Waals surface area contributed by atoms with Gasteiger partial charge in [-0.05, 0) is 44.0 Å². The number of hydrogen-bond acceptors (Lipinski definition) is 4. The summed E-state index contributed by atoms with van der Waals surface area (Å²) in [7, 11) is -3.01. The lowest BCUT2D eigenvalue weighted by molar-refractivity contribution is 0.601. The lowest BCUT2D eigenvalue weighted by atomic mass is 10.1. The van der Waals surface area contributed by atoms with Gasteiger partial charge in [0.1, 0.15) is 0 Å². The molecule has 1 atom stereocenters. The van der Waals surface area contributed by atoms with Gasteiger partial charge in [0.15, 0.2) is 15.8 Å². The first-order chi connectivity index (χ1) is 12.7. The molecule has 27 heavy (non-hydrogen) atoms. The third kappa shape index (κ3) is 8.13. The molecule has 5 nitrogen and oxygen atoms in total. The molecule has 1 heterocycles. The molecule has 1 unspecified atom stereocenters. The molecular weight excluding hydrogens is 378 g/mol. The zero-order valence-corrected chi connectivity index (χ0v) is 18.1. The Morgan fingerprint density at radius 1 is 1.15 bits per heavy atom. The van der Waals surface area contributed by atoms with Gasteiger partial charge in [-0.2, -0.15) is 0 Å². The number of guanidine groups is 1. The first kappa shape index (κ1) is 21.4. The van der Waals surface area contributed by atoms with Gasteiger partial charge in [-0.25, -0.2) is 13.4 Å². The van der Waals surface area contributed by atoms with Gasteiger partial charge in [0.2, 0.25) is 0 Å². The molecular formula is C20H29N3O2S2. The molecule has 0 aliphatic heterocycles. The Morgan fingerprint density at radius 3 is 2.37 bits per heavy atom. The van der Waals surface area contributed by atoms with Crippen molar-refractivity contribution in [3.05, 3.63) is 57.3 Å². The van der Waals surface area contributed by atoms with Gasteiger partial charge in [0, 0.05) is 35.0 Å². The number of sulfone groups is 1. The van der Waals surface area contributed by atoms with Gasteiger partial charge < -0.3 is 10.6 Å². The molecule has 0 saturated carbocycles. The highest BCUT2D eigenvalue weighted by atomic mass is 32.2. The Bertz CT molecular complexity index is 856. The van der Waals surface area contributed by atoms with Crippen LogP contribution in [-0.4, -0.2) is 33.2 Å². The lowest BCUT2D eigenvalue weighted by Gasteiger charge is -2.17. The second-order valence-electron chi connectivity index (χ2n) is 6.84. The van der Waals surface area contributed by atoms with E-state index in [-0.39, 0.29) is 11.8 Å². The second-order valence-corrected chi connectivity index (χ2v) is 10.4. The predicted octanol–water partition coefficient (Wildman–Crippen LogP) is 3.29. The van der Waals surface area contributed by atoms with E-state index < -0.39 is 9.84 Å². The predicted molar refractivity (Wildman–Crippen MR) is 115 cm³/mol. The van der Waals surface area contributed by atoms with Crippen LogP contribution in [0.1, 0.15) is 34.7 Å². The number of aryl methyl sites for hydroxylation is 1. The van der Waals surface area contributed by atoms with Crippen LogP contribution in [0.25, 0.3) is 0 Å². The van der Waals surface area contributed by atoms with Crippen molar-refractivity contribution in [3.63, 3.8) is 0 Å². The van der Waals surface area contributed by atoms with Gasteiger partial charge >= 0.3 is 0 Å². The maximum absolute atomic E-state index is 11.4. The highest BCUT2D eigenvalue weighted by Gasteiger charge is 2.08. The van der Waals surface area contributed by atoms with Crippen molar-refractivity contribution >= 4 is 27.1 Å². The van der Waals surface area contributed by atoms with E-state index in [2.05, 4.69) is 41.6 Å². The highest BCUT2D eigenvalue weighted by molar-refractivity contribution is 7.89. The summed E-state index contributed by atoms with van der Waals surface area (Å²) in [5, 5.41) is 6.73. The maximum Gasteiger partial charge on any atom is 0.191 e. The lowest BCUT2D eigenvalue weighted by Crippen LogP contribution is -2.43. The first-order valence-electron chi connectivity index (χ1n) is 9.11. The number of hydrogen-bond donors (Lipinski definition) is 2. The Hall–Kier alpha value is -1.86. The Balaban J connectivity index is 1.95. The van der Waals surface area contributed by atoms with Crippen molar-refractivity contribution in [2.75, 3.05) is 12.8 Å². The van der Waals surface area contributed by atoms with Gasteiger partial charge in [-0.15, -0.1) is 11.3 Å². The van der Waals surface area contributed by atoms with Crippen LogP contribution in [0.4, 0.5) is 0 Å². The molecule has 0 saturated heterocycles. The number of nitrogens with one attached hydrogen (secondary N) is 2. The molecule has 2 N–H and O–H groups in total. The van der Waals surface area contributed by atoms with Crippen LogP contribution in [0.2, 0.25) is 0 Å². The third-order valence-electron chi connectivity index (χ3n) is 3.90. The van der Waals surface area contributed by atoms with E-state index in [1.165, 1.54) is 16.0 Å². The number of thiophene rings is 1. The van der Waals surface area contributed by atoms with E-state index in [0.717, 1.165) is 30.1 Å². The number of aliphatic imine (C=N–C) groups is 1. The Kier molecular flexibility index (Phi) is 7.86. The summed E-state index contributed by atoms with van der Waals surface area (Å²) in [5.41, 5.74) is 1.85. The standard InChI is InChI=1S/C20H29N3O2S2/c1-5-21-20(23-15(2)12-19-11-6-16(3)26-19)22-13-17-7-9-18(10-8-17)14-27(4,24)25/h6-11,15H,5,12-14H2,1-4H3,(H2,21,22,23). The van der Waals surface area contributed by atoms with Gasteiger partial charge in [0.25, 0.3) is 0 Å². The van der Waals surface area contributed by atoms with Crippen LogP contribution in [0, 0.1) is 6.92 Å². The Morgan fingerprint density at radius 2 is 1.81 bits per heavy atom. The molecule has 0 fully saturated rings. The summed E-state index contributed by atoms with van der Waals surface area (Å²) in [6.07, 6.45) is 2.21. The quantitative estimate of drug-likeness (QED) is 0.520. The summed E-state index contributed by atoms with van der Waals surface area (Å²) < 4.78 is 22.7. The molecule has 7 heteroatoms. The smallest absolute Gasteiger partial charge is 0.191 e. The summed E-state index contributed by atoms with van der Waals surface area (Å²) in [5.74, 6) is 0.860. The SMILES string of the molecule is CCNC(=NCc1ccc(CS(C)(=O)=O)cc1)NC(C)Cc1ccc(C)s1. The average molecular weight is 408 g/mol. The number of nitrogens with zero attached hydrogens (tertiary/aromatic N) is 1. The van der Waals surface area contributed by atoms with Crippen molar-refractivity contribution in [2.24, 2.45) is 4.99 Å². The molecule has 0 bridgehead atoms. The minimum atomic E-state index is -3.01. The van der Waals surface area contributed by atoms with Crippen molar-refractivity contribution in [3.8, 4) is 0 Å². The van der Waals surface area contributed by atoms with Crippen molar-refractivity contribution in [1.29, 1.82) is 0 Å². The van der Waals surface area contributed by atoms with Crippen molar-refractivity contribution < 1.29 is 8.42 Å². The molecule has 0 aliphatic rings. The maximum atomic E-state index is 11.4. The van der Waals surface area contributed by atoms with E-state index in [0.29, 0.717) is 6.54 Å². The van der Waals surface area contributed by atoms with Crippen molar-refractivity contribution in [2.45, 2.75) is 45.5 Å². The fourth-order valence-corrected chi connectivity index (χ4v) is 4.53. The largest absolute Gasteiger partial charge is 0.357 e. The van der Waals surface area contributed by atoms with Gasteiger partial charge in [-0.1, -0.05) is 24.3 Å². The van der Waals surface area contributed by atoms with E-state index in [1.807, 2.05) is 42.5 Å². The monoisotopic (exact) mass is 407 g/mol. The minimum absolute atomic E-state index is 0.0699. The molecule has 2 rings (SSSR count). The van der Waals surface area contributed by atoms with Crippen LogP contribution < -0.4 is 10.6 Å². The fraction of sp³-hybridized carbons (Fsp3) is 0.450. The van der Waals surface area contributed by atoms with Crippen LogP contribution >= 0.6 is 11.3 Å². The number of rotatable bonds is 8. The minimum Gasteiger partial charge on any atom is -0.357 e. The topological polar surface area (TPSA) is 70.6 Å². The first-order valence-corrected chi connectivity index (χ1v) is 12.0. The van der Waals surface area contributed by atoms with E-state index >= 15 is 0 Å². The van der Waals surface area contributed by atoms with E-state index in [4.69, 9.17) is 0 Å². The van der Waals surface area contributed by atoms with Crippen LogP contribution in [0.3, 0.4) is 0 Å². The molecule has 1 aromatic carbocycles. The summed E-state index contributed by atoms with van der Waals surface area (Å²) in [6, 6.07) is 12.2. The van der Waals surface area contributed by atoms with Crippen LogP contribution in [-0.2, 0) is 28.6 Å². The molecule has 0 spiro atoms. The normalized spacial score (nSPS) is 13.4. The van der Waals surface area contributed by atoms with Gasteiger partial charge in [0.05, 0.1) is 12.3 Å². The van der Waals surface area contributed by atoms with Gasteiger partial charge in [-0.3, -0.25) is 0 Å². The van der Waals surface area contributed by atoms with Crippen LogP contribution in [0.15, 0.2) is 41.4 Å². The molecule has 1 aromatic heterocycles. The van der Waals surface area contributed by atoms with Crippen LogP contribution in [0.5, 0.6) is 0 Å². The number of benzene rings is 1. The molecule has 0 amide bonds. The summed E-state index contributed by atoms with van der Waals surface area (Å²) in [4.78, 5) is 7.35. The molecule has 148 valence electrons. The Labute approximate surface area is 166 Å². The molecule has 2 aromatic rings.